The molecule has 0 aromatic heterocycles. The van der Waals surface area contributed by atoms with Crippen LogP contribution in [-0.4, -0.2) is 29.7 Å². The lowest BCUT2D eigenvalue weighted by atomic mass is 10.00. The Bertz CT molecular complexity index is 205. The van der Waals surface area contributed by atoms with Gasteiger partial charge in [0.15, 0.2) is 0 Å². The van der Waals surface area contributed by atoms with Gasteiger partial charge in [0.05, 0.1) is 6.10 Å². The molecule has 0 heterocycles. The van der Waals surface area contributed by atoms with Crippen LogP contribution in [0.3, 0.4) is 0 Å². The number of carbonyl (C=O) groups is 1. The van der Waals surface area contributed by atoms with E-state index in [0.29, 0.717) is 18.3 Å². The molecule has 0 aromatic carbocycles. The Morgan fingerprint density at radius 1 is 1.25 bits per heavy atom. The zero-order valence-electron chi connectivity index (χ0n) is 10.9. The molecule has 0 spiro atoms. The Balaban J connectivity index is 3.79. The summed E-state index contributed by atoms with van der Waals surface area (Å²) in [5, 5.41) is 12.4. The molecule has 4 heteroatoms. The molecule has 96 valence electrons. The molecular weight excluding hydrogens is 204 g/mol. The number of rotatable bonds is 7. The van der Waals surface area contributed by atoms with Crippen LogP contribution < -0.4 is 11.1 Å². The maximum absolute atomic E-state index is 11.3. The summed E-state index contributed by atoms with van der Waals surface area (Å²) >= 11 is 0. The average Bonchev–Trinajstić information content (AvgIpc) is 2.11. The van der Waals surface area contributed by atoms with Crippen LogP contribution in [0.2, 0.25) is 0 Å². The van der Waals surface area contributed by atoms with Crippen LogP contribution >= 0.6 is 0 Å². The van der Waals surface area contributed by atoms with Crippen LogP contribution in [0.5, 0.6) is 0 Å². The summed E-state index contributed by atoms with van der Waals surface area (Å²) in [6.07, 6.45) is 0.603. The van der Waals surface area contributed by atoms with Crippen LogP contribution in [0.15, 0.2) is 0 Å². The van der Waals surface area contributed by atoms with Crippen molar-refractivity contribution in [3.63, 3.8) is 0 Å². The lowest BCUT2D eigenvalue weighted by Crippen LogP contribution is -2.44. The molecule has 0 fully saturated rings. The van der Waals surface area contributed by atoms with Gasteiger partial charge in [-0.05, 0) is 18.3 Å². The zero-order chi connectivity index (χ0) is 12.7. The predicted octanol–water partition coefficient (Wildman–Crippen LogP) is 0.883. The standard InChI is InChI=1S/C12H26N2O2/c1-8(2)5-10(13)11(15)7-14-12(16)6-9(3)4/h8-11,15H,5-7,13H2,1-4H3,(H,14,16)/t10-,11-/m0/s1. The molecule has 0 saturated heterocycles. The molecule has 0 radical (unpaired) electrons. The highest BCUT2D eigenvalue weighted by molar-refractivity contribution is 5.76. The van der Waals surface area contributed by atoms with Gasteiger partial charge in [-0.1, -0.05) is 27.7 Å². The largest absolute Gasteiger partial charge is 0.390 e. The topological polar surface area (TPSA) is 75.3 Å². The number of amides is 1. The zero-order valence-corrected chi connectivity index (χ0v) is 10.9. The Morgan fingerprint density at radius 2 is 1.81 bits per heavy atom. The molecule has 16 heavy (non-hydrogen) atoms. The van der Waals surface area contributed by atoms with E-state index in [1.165, 1.54) is 0 Å². The second-order valence-corrected chi connectivity index (χ2v) is 5.26. The van der Waals surface area contributed by atoms with Gasteiger partial charge in [0.25, 0.3) is 0 Å². The molecule has 0 aromatic rings. The number of hydrogen-bond donors (Lipinski definition) is 3. The molecule has 0 aliphatic heterocycles. The predicted molar refractivity (Wildman–Crippen MR) is 65.9 cm³/mol. The third kappa shape index (κ3) is 7.65. The average molecular weight is 230 g/mol. The molecule has 2 atom stereocenters. The SMILES string of the molecule is CC(C)CC(=O)NC[C@H](O)[C@@H](N)CC(C)C. The van der Waals surface area contributed by atoms with E-state index in [4.69, 9.17) is 5.73 Å². The molecule has 0 rings (SSSR count). The van der Waals surface area contributed by atoms with Gasteiger partial charge in [-0.2, -0.15) is 0 Å². The van der Waals surface area contributed by atoms with Crippen LogP contribution in [0.4, 0.5) is 0 Å². The van der Waals surface area contributed by atoms with Gasteiger partial charge < -0.3 is 16.2 Å². The molecular formula is C12H26N2O2. The van der Waals surface area contributed by atoms with E-state index in [0.717, 1.165) is 6.42 Å². The Morgan fingerprint density at radius 3 is 2.25 bits per heavy atom. The first kappa shape index (κ1) is 15.4. The molecule has 4 nitrogen and oxygen atoms in total. The summed E-state index contributed by atoms with van der Waals surface area (Å²) in [4.78, 5) is 11.3. The normalized spacial score (nSPS) is 15.2. The molecule has 0 unspecified atom stereocenters. The molecule has 0 aliphatic rings. The summed E-state index contributed by atoms with van der Waals surface area (Å²) < 4.78 is 0. The fraction of sp³-hybridized carbons (Fsp3) is 0.917. The molecule has 1 amide bonds. The fourth-order valence-corrected chi connectivity index (χ4v) is 1.51. The maximum Gasteiger partial charge on any atom is 0.220 e. The van der Waals surface area contributed by atoms with E-state index in [1.54, 1.807) is 0 Å². The van der Waals surface area contributed by atoms with Crippen molar-refractivity contribution in [1.29, 1.82) is 0 Å². The molecule has 0 aliphatic carbocycles. The smallest absolute Gasteiger partial charge is 0.220 e. The van der Waals surface area contributed by atoms with E-state index < -0.39 is 6.10 Å². The number of aliphatic hydroxyl groups excluding tert-OH is 1. The van der Waals surface area contributed by atoms with E-state index in [2.05, 4.69) is 19.2 Å². The van der Waals surface area contributed by atoms with E-state index >= 15 is 0 Å². The lowest BCUT2D eigenvalue weighted by molar-refractivity contribution is -0.122. The molecule has 0 bridgehead atoms. The minimum absolute atomic E-state index is 0.0224. The number of aliphatic hydroxyl groups is 1. The highest BCUT2D eigenvalue weighted by atomic mass is 16.3. The Kier molecular flexibility index (Phi) is 7.34. The van der Waals surface area contributed by atoms with Crippen LogP contribution in [0.25, 0.3) is 0 Å². The van der Waals surface area contributed by atoms with Crippen molar-refractivity contribution in [3.05, 3.63) is 0 Å². The molecule has 0 saturated carbocycles. The summed E-state index contributed by atoms with van der Waals surface area (Å²) in [7, 11) is 0. The fourth-order valence-electron chi connectivity index (χ4n) is 1.51. The van der Waals surface area contributed by atoms with Crippen molar-refractivity contribution in [3.8, 4) is 0 Å². The summed E-state index contributed by atoms with van der Waals surface area (Å²) in [6.45, 7) is 8.34. The second kappa shape index (κ2) is 7.63. The number of nitrogens with two attached hydrogens (primary N) is 1. The van der Waals surface area contributed by atoms with Crippen LogP contribution in [-0.2, 0) is 4.79 Å². The van der Waals surface area contributed by atoms with Crippen molar-refractivity contribution in [2.45, 2.75) is 52.7 Å². The van der Waals surface area contributed by atoms with Gasteiger partial charge in [0, 0.05) is 19.0 Å². The first-order chi connectivity index (χ1) is 7.32. The first-order valence-electron chi connectivity index (χ1n) is 6.03. The number of hydrogen-bond acceptors (Lipinski definition) is 3. The minimum atomic E-state index is -0.654. The van der Waals surface area contributed by atoms with Gasteiger partial charge in [-0.25, -0.2) is 0 Å². The van der Waals surface area contributed by atoms with Crippen molar-refractivity contribution < 1.29 is 9.90 Å². The summed E-state index contributed by atoms with van der Waals surface area (Å²) in [6, 6.07) is -0.264. The lowest BCUT2D eigenvalue weighted by Gasteiger charge is -2.21. The monoisotopic (exact) mass is 230 g/mol. The Labute approximate surface area is 98.6 Å². The molecule has 4 N–H and O–H groups in total. The number of carbonyl (C=O) groups excluding carboxylic acids is 1. The number of nitrogens with one attached hydrogen (secondary N) is 1. The van der Waals surface area contributed by atoms with Gasteiger partial charge in [-0.15, -0.1) is 0 Å². The summed E-state index contributed by atoms with van der Waals surface area (Å²) in [5.74, 6) is 0.767. The van der Waals surface area contributed by atoms with Crippen LogP contribution in [0, 0.1) is 11.8 Å². The third-order valence-electron chi connectivity index (χ3n) is 2.34. The van der Waals surface area contributed by atoms with Crippen molar-refractivity contribution in [1.82, 2.24) is 5.32 Å². The van der Waals surface area contributed by atoms with Crippen molar-refractivity contribution >= 4 is 5.91 Å². The van der Waals surface area contributed by atoms with E-state index in [9.17, 15) is 9.90 Å². The van der Waals surface area contributed by atoms with Crippen molar-refractivity contribution in [2.24, 2.45) is 17.6 Å². The maximum atomic E-state index is 11.3. The van der Waals surface area contributed by atoms with E-state index in [1.807, 2.05) is 13.8 Å². The quantitative estimate of drug-likeness (QED) is 0.608. The van der Waals surface area contributed by atoms with Crippen LogP contribution in [0.1, 0.15) is 40.5 Å². The minimum Gasteiger partial charge on any atom is -0.390 e. The van der Waals surface area contributed by atoms with Crippen molar-refractivity contribution in [2.75, 3.05) is 6.54 Å². The van der Waals surface area contributed by atoms with Gasteiger partial charge in [-0.3, -0.25) is 4.79 Å². The van der Waals surface area contributed by atoms with Gasteiger partial charge in [0.2, 0.25) is 5.91 Å². The second-order valence-electron chi connectivity index (χ2n) is 5.26. The third-order valence-corrected chi connectivity index (χ3v) is 2.34. The van der Waals surface area contributed by atoms with Gasteiger partial charge >= 0.3 is 0 Å². The highest BCUT2D eigenvalue weighted by Gasteiger charge is 2.16. The van der Waals surface area contributed by atoms with E-state index in [-0.39, 0.29) is 18.5 Å². The Hall–Kier alpha value is -0.610. The summed E-state index contributed by atoms with van der Waals surface area (Å²) in [5.41, 5.74) is 5.80. The van der Waals surface area contributed by atoms with Gasteiger partial charge in [0.1, 0.15) is 0 Å². The highest BCUT2D eigenvalue weighted by Crippen LogP contribution is 2.06. The first-order valence-corrected chi connectivity index (χ1v) is 6.03.